The van der Waals surface area contributed by atoms with Crippen molar-refractivity contribution in [3.8, 4) is 0 Å². The van der Waals surface area contributed by atoms with Gasteiger partial charge in [0.2, 0.25) is 0 Å². The number of carbonyl (C=O) groups is 1. The van der Waals surface area contributed by atoms with Crippen molar-refractivity contribution in [3.05, 3.63) is 23.7 Å². The molecule has 1 amide bonds. The molecule has 1 saturated carbocycles. The SMILES string of the molecule is O=C(c1[nH]nc2ncnc(NC3CCCC(F)(F)[C@H]3O)c12)N1C[C@@H](F)C[C@@H]1C1=CC(F)CCC1F. The van der Waals surface area contributed by atoms with Gasteiger partial charge in [0.05, 0.1) is 24.0 Å². The van der Waals surface area contributed by atoms with E-state index < -0.39 is 55.0 Å². The Morgan fingerprint density at radius 1 is 1.20 bits per heavy atom. The molecule has 2 fully saturated rings. The number of fused-ring (bicyclic) bond motifs is 1. The number of aliphatic hydroxyl groups excluding tert-OH is 1. The summed E-state index contributed by atoms with van der Waals surface area (Å²) >= 11 is 0. The van der Waals surface area contributed by atoms with Gasteiger partial charge in [-0.1, -0.05) is 0 Å². The zero-order chi connectivity index (χ0) is 24.9. The number of anilines is 1. The minimum atomic E-state index is -3.28. The molecule has 0 bridgehead atoms. The summed E-state index contributed by atoms with van der Waals surface area (Å²) in [5, 5.41) is 19.5. The second-order valence-corrected chi connectivity index (χ2v) is 9.40. The van der Waals surface area contributed by atoms with E-state index in [2.05, 4.69) is 25.5 Å². The van der Waals surface area contributed by atoms with Crippen molar-refractivity contribution in [1.82, 2.24) is 25.1 Å². The summed E-state index contributed by atoms with van der Waals surface area (Å²) in [5.74, 6) is -3.99. The predicted octanol–water partition coefficient (Wildman–Crippen LogP) is 3.26. The maximum atomic E-state index is 14.6. The van der Waals surface area contributed by atoms with Gasteiger partial charge < -0.3 is 15.3 Å². The van der Waals surface area contributed by atoms with Crippen LogP contribution in [0.4, 0.5) is 27.8 Å². The number of nitrogens with zero attached hydrogens (tertiary/aromatic N) is 4. The van der Waals surface area contributed by atoms with Gasteiger partial charge in [0, 0.05) is 12.8 Å². The van der Waals surface area contributed by atoms with Crippen LogP contribution in [-0.4, -0.2) is 85.2 Å². The molecule has 1 aliphatic heterocycles. The topological polar surface area (TPSA) is 107 Å². The number of likely N-dealkylation sites (tertiary alicyclic amines) is 1. The lowest BCUT2D eigenvalue weighted by Crippen LogP contribution is -2.49. The smallest absolute Gasteiger partial charge is 0.275 e. The Labute approximate surface area is 197 Å². The molecule has 3 heterocycles. The molecule has 6 atom stereocenters. The zero-order valence-corrected chi connectivity index (χ0v) is 18.6. The van der Waals surface area contributed by atoms with Gasteiger partial charge in [-0.3, -0.25) is 9.89 Å². The Balaban J connectivity index is 1.47. The molecular formula is C22H25F5N6O2. The fourth-order valence-electron chi connectivity index (χ4n) is 5.26. The van der Waals surface area contributed by atoms with Crippen molar-refractivity contribution >= 4 is 22.8 Å². The molecule has 0 radical (unpaired) electrons. The maximum absolute atomic E-state index is 14.6. The van der Waals surface area contributed by atoms with E-state index in [-0.39, 0.29) is 66.8 Å². The van der Waals surface area contributed by atoms with E-state index in [1.54, 1.807) is 0 Å². The molecule has 35 heavy (non-hydrogen) atoms. The van der Waals surface area contributed by atoms with Crippen LogP contribution in [0.5, 0.6) is 0 Å². The van der Waals surface area contributed by atoms with Crippen molar-refractivity contribution in [3.63, 3.8) is 0 Å². The molecule has 8 nitrogen and oxygen atoms in total. The number of aromatic amines is 1. The molecular weight excluding hydrogens is 475 g/mol. The number of aliphatic hydroxyl groups is 1. The van der Waals surface area contributed by atoms with Crippen LogP contribution < -0.4 is 5.32 Å². The van der Waals surface area contributed by atoms with Crippen molar-refractivity contribution in [2.75, 3.05) is 11.9 Å². The fraction of sp³-hybridized carbons (Fsp3) is 0.636. The number of nitrogens with one attached hydrogen (secondary N) is 2. The normalized spacial score (nSPS) is 33.1. The summed E-state index contributed by atoms with van der Waals surface area (Å²) in [6.07, 6.45) is -4.20. The van der Waals surface area contributed by atoms with E-state index in [0.29, 0.717) is 0 Å². The molecule has 3 unspecified atom stereocenters. The van der Waals surface area contributed by atoms with E-state index in [1.807, 2.05) is 0 Å². The highest BCUT2D eigenvalue weighted by Crippen LogP contribution is 2.37. The Morgan fingerprint density at radius 3 is 2.80 bits per heavy atom. The van der Waals surface area contributed by atoms with Crippen LogP contribution in [0.3, 0.4) is 0 Å². The molecule has 3 aliphatic rings. The minimum Gasteiger partial charge on any atom is -0.385 e. The average Bonchev–Trinajstić information content (AvgIpc) is 3.42. The monoisotopic (exact) mass is 500 g/mol. The molecule has 0 spiro atoms. The molecule has 5 rings (SSSR count). The second kappa shape index (κ2) is 8.99. The van der Waals surface area contributed by atoms with Crippen LogP contribution in [0.1, 0.15) is 49.0 Å². The molecule has 3 N–H and O–H groups in total. The lowest BCUT2D eigenvalue weighted by atomic mass is 9.89. The highest BCUT2D eigenvalue weighted by molar-refractivity contribution is 6.08. The molecule has 0 aromatic carbocycles. The van der Waals surface area contributed by atoms with Crippen molar-refractivity contribution in [2.45, 2.75) is 81.2 Å². The summed E-state index contributed by atoms with van der Waals surface area (Å²) < 4.78 is 71.1. The van der Waals surface area contributed by atoms with Gasteiger partial charge in [-0.15, -0.1) is 0 Å². The van der Waals surface area contributed by atoms with Gasteiger partial charge in [0.1, 0.15) is 42.5 Å². The van der Waals surface area contributed by atoms with Crippen LogP contribution in [0.25, 0.3) is 11.0 Å². The summed E-state index contributed by atoms with van der Waals surface area (Å²) in [6.45, 7) is -0.324. The predicted molar refractivity (Wildman–Crippen MR) is 115 cm³/mol. The summed E-state index contributed by atoms with van der Waals surface area (Å²) in [7, 11) is 0. The van der Waals surface area contributed by atoms with Gasteiger partial charge in [0.25, 0.3) is 11.8 Å². The summed E-state index contributed by atoms with van der Waals surface area (Å²) in [5.41, 5.74) is -0.0365. The first kappa shape index (κ1) is 23.9. The quantitative estimate of drug-likeness (QED) is 0.440. The summed E-state index contributed by atoms with van der Waals surface area (Å²) in [4.78, 5) is 22.7. The Bertz CT molecular complexity index is 1140. The standard InChI is InChI=1S/C22H25F5N6O2/c23-10-3-4-13(25)12(6-10)15-7-11(24)8-33(15)21(35)17-16-19(28-9-29-20(16)32-31-17)30-14-2-1-5-22(26,27)18(14)34/h6,9-11,13-15,18,34H,1-5,7-8H2,(H2,28,29,30,31,32)/t10?,11-,13?,14?,15+,18-/m0/s1. The number of halogens is 5. The number of carbonyl (C=O) groups excluding carboxylic acids is 1. The highest BCUT2D eigenvalue weighted by Gasteiger charge is 2.47. The Morgan fingerprint density at radius 2 is 2.00 bits per heavy atom. The number of H-pyrrole nitrogens is 1. The molecule has 2 aromatic rings. The van der Waals surface area contributed by atoms with E-state index >= 15 is 0 Å². The number of hydrogen-bond donors (Lipinski definition) is 3. The van der Waals surface area contributed by atoms with Gasteiger partial charge in [-0.05, 0) is 37.3 Å². The number of hydrogen-bond acceptors (Lipinski definition) is 6. The highest BCUT2D eigenvalue weighted by atomic mass is 19.3. The first-order valence-electron chi connectivity index (χ1n) is 11.6. The third kappa shape index (κ3) is 4.34. The molecule has 13 heteroatoms. The lowest BCUT2D eigenvalue weighted by Gasteiger charge is -2.35. The van der Waals surface area contributed by atoms with E-state index in [0.717, 1.165) is 17.3 Å². The van der Waals surface area contributed by atoms with E-state index in [1.165, 1.54) is 0 Å². The van der Waals surface area contributed by atoms with Crippen LogP contribution in [0.2, 0.25) is 0 Å². The van der Waals surface area contributed by atoms with Crippen molar-refractivity contribution in [1.29, 1.82) is 0 Å². The van der Waals surface area contributed by atoms with Crippen molar-refractivity contribution < 1.29 is 31.9 Å². The number of allylic oxidation sites excluding steroid dienone is 1. The fourth-order valence-corrected chi connectivity index (χ4v) is 5.26. The Kier molecular flexibility index (Phi) is 6.14. The largest absolute Gasteiger partial charge is 0.385 e. The summed E-state index contributed by atoms with van der Waals surface area (Å²) in [6, 6.07) is -2.00. The van der Waals surface area contributed by atoms with Gasteiger partial charge in [-0.25, -0.2) is 31.9 Å². The number of amides is 1. The maximum Gasteiger partial charge on any atom is 0.275 e. The third-order valence-corrected chi connectivity index (χ3v) is 7.05. The Hall–Kier alpha value is -2.83. The molecule has 1 saturated heterocycles. The van der Waals surface area contributed by atoms with Crippen LogP contribution in [-0.2, 0) is 0 Å². The minimum absolute atomic E-state index is 0.00506. The zero-order valence-electron chi connectivity index (χ0n) is 18.6. The number of aromatic nitrogens is 4. The third-order valence-electron chi connectivity index (χ3n) is 7.05. The number of rotatable bonds is 4. The second-order valence-electron chi connectivity index (χ2n) is 9.40. The van der Waals surface area contributed by atoms with Crippen LogP contribution >= 0.6 is 0 Å². The van der Waals surface area contributed by atoms with Gasteiger partial charge in [0.15, 0.2) is 5.65 Å². The van der Waals surface area contributed by atoms with Crippen molar-refractivity contribution in [2.24, 2.45) is 0 Å². The average molecular weight is 500 g/mol. The molecule has 190 valence electrons. The first-order valence-corrected chi connectivity index (χ1v) is 11.6. The van der Waals surface area contributed by atoms with Crippen LogP contribution in [0, 0.1) is 0 Å². The van der Waals surface area contributed by atoms with Gasteiger partial charge >= 0.3 is 0 Å². The number of alkyl halides is 5. The first-order chi connectivity index (χ1) is 16.7. The van der Waals surface area contributed by atoms with E-state index in [4.69, 9.17) is 0 Å². The molecule has 2 aromatic heterocycles. The lowest BCUT2D eigenvalue weighted by molar-refractivity contribution is -0.135. The van der Waals surface area contributed by atoms with Gasteiger partial charge in [-0.2, -0.15) is 5.10 Å². The van der Waals surface area contributed by atoms with Crippen LogP contribution in [0.15, 0.2) is 18.0 Å². The molecule has 2 aliphatic carbocycles. The van der Waals surface area contributed by atoms with E-state index in [9.17, 15) is 31.9 Å².